The predicted molar refractivity (Wildman–Crippen MR) is 82.0 cm³/mol. The van der Waals surface area contributed by atoms with Gasteiger partial charge in [0.2, 0.25) is 0 Å². The molecule has 0 amide bonds. The molecule has 0 aliphatic rings. The Morgan fingerprint density at radius 3 is 2.63 bits per heavy atom. The van der Waals surface area contributed by atoms with Gasteiger partial charge in [-0.25, -0.2) is 0 Å². The van der Waals surface area contributed by atoms with E-state index in [0.29, 0.717) is 13.2 Å². The lowest BCUT2D eigenvalue weighted by molar-refractivity contribution is -0.00664. The Hall–Kier alpha value is -0.130. The lowest BCUT2D eigenvalue weighted by Gasteiger charge is -2.22. The first-order chi connectivity index (χ1) is 9.19. The maximum atomic E-state index is 6.12. The van der Waals surface area contributed by atoms with Crippen LogP contribution in [0.5, 0.6) is 0 Å². The number of nitrogens with two attached hydrogens (primary N) is 1. The van der Waals surface area contributed by atoms with Crippen LogP contribution in [0, 0.1) is 0 Å². The highest BCUT2D eigenvalue weighted by atomic mass is 35.5. The SMILES string of the molecule is CCCCOCCOC(c1ccc(Cl)s1)C(N)CC. The molecule has 0 fully saturated rings. The van der Waals surface area contributed by atoms with Gasteiger partial charge in [0.1, 0.15) is 6.10 Å². The summed E-state index contributed by atoms with van der Waals surface area (Å²) >= 11 is 7.50. The average Bonchev–Trinajstić information content (AvgIpc) is 2.83. The molecule has 19 heavy (non-hydrogen) atoms. The lowest BCUT2D eigenvalue weighted by Crippen LogP contribution is -2.29. The number of ether oxygens (including phenoxy) is 2. The summed E-state index contributed by atoms with van der Waals surface area (Å²) in [5.74, 6) is 0. The predicted octanol–water partition coefficient (Wildman–Crippen LogP) is 4.01. The summed E-state index contributed by atoms with van der Waals surface area (Å²) in [7, 11) is 0. The maximum Gasteiger partial charge on any atom is 0.107 e. The minimum Gasteiger partial charge on any atom is -0.379 e. The lowest BCUT2D eigenvalue weighted by atomic mass is 10.1. The third kappa shape index (κ3) is 6.23. The van der Waals surface area contributed by atoms with Gasteiger partial charge in [-0.2, -0.15) is 0 Å². The molecule has 2 atom stereocenters. The molecule has 0 spiro atoms. The summed E-state index contributed by atoms with van der Waals surface area (Å²) < 4.78 is 12.1. The molecule has 1 heterocycles. The summed E-state index contributed by atoms with van der Waals surface area (Å²) in [5.41, 5.74) is 6.12. The van der Waals surface area contributed by atoms with Crippen LogP contribution in [-0.4, -0.2) is 25.9 Å². The van der Waals surface area contributed by atoms with Crippen LogP contribution in [-0.2, 0) is 9.47 Å². The van der Waals surface area contributed by atoms with Crippen LogP contribution in [0.1, 0.15) is 44.1 Å². The zero-order chi connectivity index (χ0) is 14.1. The number of halogens is 1. The Morgan fingerprint density at radius 2 is 2.05 bits per heavy atom. The van der Waals surface area contributed by atoms with E-state index in [9.17, 15) is 0 Å². The van der Waals surface area contributed by atoms with E-state index in [2.05, 4.69) is 13.8 Å². The van der Waals surface area contributed by atoms with Crippen molar-refractivity contribution in [3.05, 3.63) is 21.3 Å². The number of unbranched alkanes of at least 4 members (excludes halogenated alkanes) is 1. The van der Waals surface area contributed by atoms with Crippen LogP contribution in [0.4, 0.5) is 0 Å². The second kappa shape index (κ2) is 9.72. The van der Waals surface area contributed by atoms with Gasteiger partial charge in [-0.1, -0.05) is 31.9 Å². The molecule has 3 nitrogen and oxygen atoms in total. The molecule has 1 rings (SSSR count). The minimum absolute atomic E-state index is 0.00893. The number of rotatable bonds is 10. The Balaban J connectivity index is 2.39. The van der Waals surface area contributed by atoms with Crippen molar-refractivity contribution in [1.82, 2.24) is 0 Å². The van der Waals surface area contributed by atoms with Crippen molar-refractivity contribution in [2.24, 2.45) is 5.73 Å². The molecule has 0 aromatic carbocycles. The molecular formula is C14H24ClNO2S. The van der Waals surface area contributed by atoms with Crippen LogP contribution in [0.25, 0.3) is 0 Å². The highest BCUT2D eigenvalue weighted by molar-refractivity contribution is 7.16. The molecule has 2 N–H and O–H groups in total. The fraction of sp³-hybridized carbons (Fsp3) is 0.714. The van der Waals surface area contributed by atoms with Gasteiger partial charge in [0.15, 0.2) is 0 Å². The summed E-state index contributed by atoms with van der Waals surface area (Å²) in [4.78, 5) is 1.09. The first-order valence-corrected chi connectivity index (χ1v) is 8.08. The standard InChI is InChI=1S/C14H24ClNO2S/c1-3-5-8-17-9-10-18-14(11(16)4-2)12-6-7-13(15)19-12/h6-7,11,14H,3-5,8-10,16H2,1-2H3. The summed E-state index contributed by atoms with van der Waals surface area (Å²) in [5, 5.41) is 0. The molecule has 0 aliphatic heterocycles. The normalized spacial score (nSPS) is 14.5. The van der Waals surface area contributed by atoms with Gasteiger partial charge >= 0.3 is 0 Å². The van der Waals surface area contributed by atoms with Crippen LogP contribution in [0.3, 0.4) is 0 Å². The third-order valence-corrected chi connectivity index (χ3v) is 4.19. The fourth-order valence-corrected chi connectivity index (χ4v) is 2.88. The van der Waals surface area contributed by atoms with Gasteiger partial charge < -0.3 is 15.2 Å². The molecule has 1 aromatic rings. The number of hydrogen-bond donors (Lipinski definition) is 1. The Labute approximate surface area is 125 Å². The van der Waals surface area contributed by atoms with Crippen LogP contribution in [0.15, 0.2) is 12.1 Å². The summed E-state index contributed by atoms with van der Waals surface area (Å²) in [6.45, 7) is 6.20. The number of thiophene rings is 1. The van der Waals surface area contributed by atoms with Crippen LogP contribution >= 0.6 is 22.9 Å². The first-order valence-electron chi connectivity index (χ1n) is 6.89. The van der Waals surface area contributed by atoms with Crippen molar-refractivity contribution >= 4 is 22.9 Å². The number of hydrogen-bond acceptors (Lipinski definition) is 4. The topological polar surface area (TPSA) is 44.5 Å². The van der Waals surface area contributed by atoms with E-state index >= 15 is 0 Å². The van der Waals surface area contributed by atoms with E-state index in [-0.39, 0.29) is 12.1 Å². The van der Waals surface area contributed by atoms with Gasteiger partial charge in [0, 0.05) is 17.5 Å². The quantitative estimate of drug-likeness (QED) is 0.664. The largest absolute Gasteiger partial charge is 0.379 e. The van der Waals surface area contributed by atoms with Crippen molar-refractivity contribution in [3.8, 4) is 0 Å². The molecule has 0 radical (unpaired) electrons. The molecule has 5 heteroatoms. The molecule has 0 saturated heterocycles. The molecular weight excluding hydrogens is 282 g/mol. The maximum absolute atomic E-state index is 6.12. The van der Waals surface area contributed by atoms with Gasteiger partial charge in [0.05, 0.1) is 17.6 Å². The Kier molecular flexibility index (Phi) is 8.66. The van der Waals surface area contributed by atoms with Crippen molar-refractivity contribution < 1.29 is 9.47 Å². The summed E-state index contributed by atoms with van der Waals surface area (Å²) in [6, 6.07) is 3.87. The van der Waals surface area contributed by atoms with E-state index in [4.69, 9.17) is 26.8 Å². The average molecular weight is 306 g/mol. The minimum atomic E-state index is -0.0859. The monoisotopic (exact) mass is 305 g/mol. The van der Waals surface area contributed by atoms with Crippen molar-refractivity contribution in [3.63, 3.8) is 0 Å². The van der Waals surface area contributed by atoms with E-state index in [1.807, 2.05) is 12.1 Å². The van der Waals surface area contributed by atoms with E-state index in [1.165, 1.54) is 11.3 Å². The van der Waals surface area contributed by atoms with Crippen molar-refractivity contribution in [1.29, 1.82) is 0 Å². The van der Waals surface area contributed by atoms with Gasteiger partial charge in [0.25, 0.3) is 0 Å². The van der Waals surface area contributed by atoms with Gasteiger partial charge in [-0.05, 0) is 25.0 Å². The molecule has 2 unspecified atom stereocenters. The van der Waals surface area contributed by atoms with E-state index in [0.717, 1.165) is 35.1 Å². The zero-order valence-corrected chi connectivity index (χ0v) is 13.3. The molecule has 0 bridgehead atoms. The highest BCUT2D eigenvalue weighted by Crippen LogP contribution is 2.31. The molecule has 1 aromatic heterocycles. The Morgan fingerprint density at radius 1 is 1.26 bits per heavy atom. The van der Waals surface area contributed by atoms with Crippen molar-refractivity contribution in [2.45, 2.75) is 45.3 Å². The summed E-state index contributed by atoms with van der Waals surface area (Å²) in [6.07, 6.45) is 3.03. The smallest absolute Gasteiger partial charge is 0.107 e. The molecule has 110 valence electrons. The van der Waals surface area contributed by atoms with Crippen LogP contribution in [0.2, 0.25) is 4.34 Å². The van der Waals surface area contributed by atoms with Gasteiger partial charge in [-0.3, -0.25) is 0 Å². The second-order valence-electron chi connectivity index (χ2n) is 4.47. The third-order valence-electron chi connectivity index (χ3n) is 2.90. The fourth-order valence-electron chi connectivity index (χ4n) is 1.69. The van der Waals surface area contributed by atoms with Crippen molar-refractivity contribution in [2.75, 3.05) is 19.8 Å². The van der Waals surface area contributed by atoms with E-state index < -0.39 is 0 Å². The van der Waals surface area contributed by atoms with Gasteiger partial charge in [-0.15, -0.1) is 11.3 Å². The Bertz CT molecular complexity index is 346. The van der Waals surface area contributed by atoms with Crippen LogP contribution < -0.4 is 5.73 Å². The molecule has 0 aliphatic carbocycles. The zero-order valence-electron chi connectivity index (χ0n) is 11.7. The first kappa shape index (κ1) is 16.9. The second-order valence-corrected chi connectivity index (χ2v) is 6.22. The highest BCUT2D eigenvalue weighted by Gasteiger charge is 2.20. The molecule has 0 saturated carbocycles. The van der Waals surface area contributed by atoms with E-state index in [1.54, 1.807) is 0 Å².